The standard InChI is InChI=1S/C58H41N/c1-58(2)53-26-12-11-24-46(53)49-30-31-50-52-36-42(28-32-54(52)59(57(50)56(49)58)44-22-14-20-40(34-44)38-17-7-4-8-18-38)41-27-29-48-51(35-41)45-23-9-10-25-47(45)55(48)43-21-13-19-39(33-43)37-15-5-3-6-16-37/h3-36,55H,1-2H3. The molecule has 10 aromatic rings. The second kappa shape index (κ2) is 12.9. The number of aromatic nitrogens is 1. The first-order valence-corrected chi connectivity index (χ1v) is 20.8. The van der Waals surface area contributed by atoms with Gasteiger partial charge in [-0.25, -0.2) is 0 Å². The quantitative estimate of drug-likeness (QED) is 0.165. The molecule has 1 atom stereocenters. The lowest BCUT2D eigenvalue weighted by atomic mass is 9.81. The fourth-order valence-electron chi connectivity index (χ4n) is 10.5. The Balaban J connectivity index is 1.04. The van der Waals surface area contributed by atoms with Gasteiger partial charge in [-0.2, -0.15) is 0 Å². The van der Waals surface area contributed by atoms with Crippen molar-refractivity contribution >= 4 is 21.8 Å². The Labute approximate surface area is 345 Å². The molecule has 0 saturated carbocycles. The van der Waals surface area contributed by atoms with Gasteiger partial charge in [0.2, 0.25) is 0 Å². The van der Waals surface area contributed by atoms with Gasteiger partial charge in [-0.3, -0.25) is 0 Å². The third-order valence-corrected chi connectivity index (χ3v) is 13.2. The Morgan fingerprint density at radius 2 is 1.00 bits per heavy atom. The molecule has 0 N–H and O–H groups in total. The van der Waals surface area contributed by atoms with Crippen LogP contribution < -0.4 is 0 Å². The second-order valence-corrected chi connectivity index (χ2v) is 16.9. The monoisotopic (exact) mass is 751 g/mol. The van der Waals surface area contributed by atoms with Gasteiger partial charge < -0.3 is 4.57 Å². The van der Waals surface area contributed by atoms with E-state index in [-0.39, 0.29) is 11.3 Å². The largest absolute Gasteiger partial charge is 0.309 e. The summed E-state index contributed by atoms with van der Waals surface area (Å²) in [6.07, 6.45) is 0. The van der Waals surface area contributed by atoms with Crippen molar-refractivity contribution in [3.8, 4) is 61.3 Å². The van der Waals surface area contributed by atoms with Gasteiger partial charge in [-0.05, 0) is 114 Å². The Bertz CT molecular complexity index is 3290. The van der Waals surface area contributed by atoms with Gasteiger partial charge in [0.1, 0.15) is 0 Å². The lowest BCUT2D eigenvalue weighted by Crippen LogP contribution is -2.16. The smallest absolute Gasteiger partial charge is 0.0588 e. The fourth-order valence-corrected chi connectivity index (χ4v) is 10.5. The van der Waals surface area contributed by atoms with E-state index < -0.39 is 0 Å². The molecule has 1 nitrogen and oxygen atoms in total. The molecule has 12 rings (SSSR count). The van der Waals surface area contributed by atoms with E-state index in [1.54, 1.807) is 0 Å². The first-order chi connectivity index (χ1) is 29.0. The van der Waals surface area contributed by atoms with Gasteiger partial charge in [0.25, 0.3) is 0 Å². The molecule has 0 aliphatic heterocycles. The van der Waals surface area contributed by atoms with E-state index >= 15 is 0 Å². The Morgan fingerprint density at radius 3 is 1.80 bits per heavy atom. The van der Waals surface area contributed by atoms with E-state index in [4.69, 9.17) is 0 Å². The van der Waals surface area contributed by atoms with Crippen molar-refractivity contribution in [2.24, 2.45) is 0 Å². The zero-order chi connectivity index (χ0) is 39.2. The van der Waals surface area contributed by atoms with Crippen LogP contribution in [0.1, 0.15) is 47.6 Å². The van der Waals surface area contributed by atoms with Crippen molar-refractivity contribution < 1.29 is 0 Å². The Morgan fingerprint density at radius 1 is 0.390 bits per heavy atom. The molecular weight excluding hydrogens is 711 g/mol. The van der Waals surface area contributed by atoms with Crippen molar-refractivity contribution in [2.75, 3.05) is 0 Å². The van der Waals surface area contributed by atoms with E-state index in [2.05, 4.69) is 225 Å². The lowest BCUT2D eigenvalue weighted by Gasteiger charge is -2.23. The molecule has 0 bridgehead atoms. The average Bonchev–Trinajstić information content (AvgIpc) is 3.89. The lowest BCUT2D eigenvalue weighted by molar-refractivity contribution is 0.664. The Kier molecular flexibility index (Phi) is 7.40. The highest BCUT2D eigenvalue weighted by Gasteiger charge is 2.38. The number of nitrogens with zero attached hydrogens (tertiary/aromatic N) is 1. The summed E-state index contributed by atoms with van der Waals surface area (Å²) < 4.78 is 2.54. The minimum Gasteiger partial charge on any atom is -0.309 e. The summed E-state index contributed by atoms with van der Waals surface area (Å²) in [4.78, 5) is 0. The summed E-state index contributed by atoms with van der Waals surface area (Å²) in [6.45, 7) is 4.80. The first-order valence-electron chi connectivity index (χ1n) is 20.8. The minimum absolute atomic E-state index is 0.165. The summed E-state index contributed by atoms with van der Waals surface area (Å²) in [6, 6.07) is 76.7. The van der Waals surface area contributed by atoms with Crippen molar-refractivity contribution in [1.29, 1.82) is 0 Å². The molecule has 2 aliphatic rings. The van der Waals surface area contributed by atoms with Crippen molar-refractivity contribution in [1.82, 2.24) is 4.57 Å². The zero-order valence-corrected chi connectivity index (χ0v) is 33.2. The van der Waals surface area contributed by atoms with Crippen LogP contribution in [0, 0.1) is 0 Å². The summed E-state index contributed by atoms with van der Waals surface area (Å²) in [7, 11) is 0. The van der Waals surface area contributed by atoms with Crippen molar-refractivity contribution in [2.45, 2.75) is 25.2 Å². The molecule has 2 aliphatic carbocycles. The van der Waals surface area contributed by atoms with Gasteiger partial charge in [0.05, 0.1) is 11.0 Å². The molecule has 0 saturated heterocycles. The fraction of sp³-hybridized carbons (Fsp3) is 0.0690. The highest BCUT2D eigenvalue weighted by atomic mass is 15.0. The minimum atomic E-state index is -0.165. The number of rotatable bonds is 5. The topological polar surface area (TPSA) is 4.93 Å². The molecule has 59 heavy (non-hydrogen) atoms. The van der Waals surface area contributed by atoms with Crippen LogP contribution in [0.5, 0.6) is 0 Å². The molecular formula is C58H41N. The Hall–Kier alpha value is -7.22. The SMILES string of the molecule is CC1(C)c2ccccc2-c2ccc3c4cc(-c5ccc6c(c5)-c5ccccc5C6c5cccc(-c6ccccc6)c5)ccc4n(-c4cccc(-c5ccccc5)c4)c3c21. The molecule has 1 aromatic heterocycles. The molecule has 9 aromatic carbocycles. The van der Waals surface area contributed by atoms with Crippen LogP contribution in [-0.4, -0.2) is 4.57 Å². The van der Waals surface area contributed by atoms with Crippen LogP contribution in [0.3, 0.4) is 0 Å². The summed E-state index contributed by atoms with van der Waals surface area (Å²) in [5.74, 6) is 0.181. The van der Waals surface area contributed by atoms with Crippen LogP contribution in [0.25, 0.3) is 83.1 Å². The maximum absolute atomic E-state index is 2.54. The molecule has 278 valence electrons. The van der Waals surface area contributed by atoms with E-state index in [1.165, 1.54) is 111 Å². The molecule has 0 fully saturated rings. The molecule has 1 unspecified atom stereocenters. The third kappa shape index (κ3) is 5.11. The summed E-state index contributed by atoms with van der Waals surface area (Å²) >= 11 is 0. The first kappa shape index (κ1) is 33.9. The van der Waals surface area contributed by atoms with Crippen LogP contribution in [0.2, 0.25) is 0 Å². The highest BCUT2D eigenvalue weighted by Crippen LogP contribution is 2.54. The predicted molar refractivity (Wildman–Crippen MR) is 247 cm³/mol. The number of fused-ring (bicyclic) bond motifs is 10. The van der Waals surface area contributed by atoms with Crippen LogP contribution in [0.15, 0.2) is 206 Å². The predicted octanol–water partition coefficient (Wildman–Crippen LogP) is 15.3. The molecule has 0 radical (unpaired) electrons. The second-order valence-electron chi connectivity index (χ2n) is 16.9. The van der Waals surface area contributed by atoms with E-state index in [1.807, 2.05) is 0 Å². The van der Waals surface area contributed by atoms with E-state index in [0.29, 0.717) is 0 Å². The number of hydrogen-bond donors (Lipinski definition) is 0. The van der Waals surface area contributed by atoms with Crippen LogP contribution in [-0.2, 0) is 5.41 Å². The van der Waals surface area contributed by atoms with Gasteiger partial charge in [0.15, 0.2) is 0 Å². The molecule has 0 amide bonds. The maximum Gasteiger partial charge on any atom is 0.0588 e. The van der Waals surface area contributed by atoms with Gasteiger partial charge in [0, 0.05) is 27.8 Å². The number of benzene rings is 9. The van der Waals surface area contributed by atoms with Crippen LogP contribution in [0.4, 0.5) is 0 Å². The van der Waals surface area contributed by atoms with Crippen LogP contribution >= 0.6 is 0 Å². The van der Waals surface area contributed by atoms with Gasteiger partial charge in [-0.1, -0.05) is 190 Å². The van der Waals surface area contributed by atoms with Gasteiger partial charge in [-0.15, -0.1) is 0 Å². The third-order valence-electron chi connectivity index (χ3n) is 13.2. The normalized spacial score (nSPS) is 14.6. The zero-order valence-electron chi connectivity index (χ0n) is 33.2. The summed E-state index contributed by atoms with van der Waals surface area (Å²) in [5, 5.41) is 2.56. The van der Waals surface area contributed by atoms with Crippen molar-refractivity contribution in [3.63, 3.8) is 0 Å². The number of hydrogen-bond acceptors (Lipinski definition) is 0. The maximum atomic E-state index is 2.54. The molecule has 0 spiro atoms. The van der Waals surface area contributed by atoms with Crippen molar-refractivity contribution in [3.05, 3.63) is 234 Å². The average molecular weight is 752 g/mol. The van der Waals surface area contributed by atoms with Gasteiger partial charge >= 0.3 is 0 Å². The van der Waals surface area contributed by atoms with E-state index in [0.717, 1.165) is 0 Å². The molecule has 1 heterocycles. The van der Waals surface area contributed by atoms with E-state index in [9.17, 15) is 0 Å². The molecule has 1 heteroatoms. The highest BCUT2D eigenvalue weighted by molar-refractivity contribution is 6.14. The summed E-state index contributed by atoms with van der Waals surface area (Å²) in [5.41, 5.74) is 23.1.